The van der Waals surface area contributed by atoms with E-state index in [2.05, 4.69) is 5.32 Å². The van der Waals surface area contributed by atoms with Crippen molar-refractivity contribution in [2.45, 2.75) is 31.2 Å². The average molecular weight is 292 g/mol. The predicted molar refractivity (Wildman–Crippen MR) is 79.7 cm³/mol. The lowest BCUT2D eigenvalue weighted by Gasteiger charge is -2.16. The highest BCUT2D eigenvalue weighted by atomic mass is 35.5. The second kappa shape index (κ2) is 7.15. The van der Waals surface area contributed by atoms with Crippen molar-refractivity contribution >= 4 is 17.5 Å². The summed E-state index contributed by atoms with van der Waals surface area (Å²) in [5.41, 5.74) is 0.810. The van der Waals surface area contributed by atoms with E-state index in [-0.39, 0.29) is 11.9 Å². The molecule has 0 aliphatic heterocycles. The Bertz CT molecular complexity index is 525. The minimum atomic E-state index is -0.651. The van der Waals surface area contributed by atoms with E-state index in [1.54, 1.807) is 6.26 Å². The fourth-order valence-corrected chi connectivity index (χ4v) is 2.18. The van der Waals surface area contributed by atoms with E-state index >= 15 is 0 Å². The van der Waals surface area contributed by atoms with Crippen molar-refractivity contribution < 1.29 is 9.21 Å². The molecule has 0 radical (unpaired) electrons. The van der Waals surface area contributed by atoms with E-state index in [1.165, 1.54) is 0 Å². The van der Waals surface area contributed by atoms with Gasteiger partial charge in [-0.2, -0.15) is 0 Å². The Balaban J connectivity index is 1.81. The molecule has 0 saturated heterocycles. The van der Waals surface area contributed by atoms with Crippen LogP contribution < -0.4 is 5.32 Å². The summed E-state index contributed by atoms with van der Waals surface area (Å²) in [6.45, 7) is 1.97. The zero-order valence-corrected chi connectivity index (χ0v) is 12.1. The normalized spacial score (nSPS) is 13.7. The van der Waals surface area contributed by atoms with Crippen molar-refractivity contribution in [3.05, 3.63) is 60.1 Å². The third kappa shape index (κ3) is 4.14. The minimum absolute atomic E-state index is 0.0533. The van der Waals surface area contributed by atoms with Crippen molar-refractivity contribution in [3.8, 4) is 0 Å². The molecule has 0 spiro atoms. The summed E-state index contributed by atoms with van der Waals surface area (Å²) >= 11 is 6.17. The summed E-state index contributed by atoms with van der Waals surface area (Å²) in [7, 11) is 0. The lowest BCUT2D eigenvalue weighted by Crippen LogP contribution is -2.35. The molecule has 1 amide bonds. The third-order valence-corrected chi connectivity index (χ3v) is 3.57. The van der Waals surface area contributed by atoms with Crippen molar-refractivity contribution in [1.29, 1.82) is 0 Å². The lowest BCUT2D eigenvalue weighted by molar-refractivity contribution is -0.121. The maximum Gasteiger partial charge on any atom is 0.242 e. The Kier molecular flexibility index (Phi) is 5.24. The molecule has 1 heterocycles. The molecule has 1 aromatic carbocycles. The molecule has 2 aromatic rings. The lowest BCUT2D eigenvalue weighted by atomic mass is 10.1. The molecule has 0 aliphatic rings. The summed E-state index contributed by atoms with van der Waals surface area (Å²) in [5, 5.41) is 2.28. The van der Waals surface area contributed by atoms with E-state index in [4.69, 9.17) is 16.0 Å². The quantitative estimate of drug-likeness (QED) is 0.825. The standard InChI is InChI=1S/C16H18ClNO2/c1-12(9-10-14-8-5-11-20-14)18-16(19)15(17)13-6-3-2-4-7-13/h2-8,11-12,15H,9-10H2,1H3,(H,18,19). The van der Waals surface area contributed by atoms with E-state index in [9.17, 15) is 4.79 Å². The maximum atomic E-state index is 12.0. The van der Waals surface area contributed by atoms with Gasteiger partial charge in [-0.05, 0) is 31.0 Å². The molecule has 2 atom stereocenters. The smallest absolute Gasteiger partial charge is 0.242 e. The van der Waals surface area contributed by atoms with Gasteiger partial charge < -0.3 is 9.73 Å². The minimum Gasteiger partial charge on any atom is -0.469 e. The molecule has 2 rings (SSSR count). The summed E-state index contributed by atoms with van der Waals surface area (Å²) in [5.74, 6) is 0.765. The second-order valence-electron chi connectivity index (χ2n) is 4.80. The molecule has 0 aliphatic carbocycles. The van der Waals surface area contributed by atoms with Crippen LogP contribution in [0.25, 0.3) is 0 Å². The number of furan rings is 1. The topological polar surface area (TPSA) is 42.2 Å². The molecule has 106 valence electrons. The number of nitrogens with one attached hydrogen (secondary N) is 1. The Labute approximate surface area is 123 Å². The van der Waals surface area contributed by atoms with Gasteiger partial charge in [0.25, 0.3) is 0 Å². The zero-order valence-electron chi connectivity index (χ0n) is 11.4. The number of alkyl halides is 1. The van der Waals surface area contributed by atoms with Gasteiger partial charge in [-0.25, -0.2) is 0 Å². The van der Waals surface area contributed by atoms with Crippen LogP contribution in [0, 0.1) is 0 Å². The molecular formula is C16H18ClNO2. The number of halogens is 1. The Morgan fingerprint density at radius 3 is 2.65 bits per heavy atom. The number of carbonyl (C=O) groups is 1. The van der Waals surface area contributed by atoms with Crippen LogP contribution in [0.2, 0.25) is 0 Å². The van der Waals surface area contributed by atoms with Crippen LogP contribution in [0.5, 0.6) is 0 Å². The first-order valence-electron chi connectivity index (χ1n) is 6.68. The van der Waals surface area contributed by atoms with Crippen LogP contribution in [-0.4, -0.2) is 11.9 Å². The van der Waals surface area contributed by atoms with E-state index in [0.717, 1.165) is 24.2 Å². The zero-order chi connectivity index (χ0) is 14.4. The van der Waals surface area contributed by atoms with Crippen molar-refractivity contribution in [2.75, 3.05) is 0 Å². The van der Waals surface area contributed by atoms with Gasteiger partial charge in [0, 0.05) is 12.5 Å². The predicted octanol–water partition coefficient (Wildman–Crippen LogP) is 3.70. The molecule has 3 nitrogen and oxygen atoms in total. The Hall–Kier alpha value is -1.74. The summed E-state index contributed by atoms with van der Waals surface area (Å²) in [6, 6.07) is 13.2. The largest absolute Gasteiger partial charge is 0.469 e. The summed E-state index contributed by atoms with van der Waals surface area (Å²) in [6.07, 6.45) is 3.27. The van der Waals surface area contributed by atoms with Crippen LogP contribution in [0.3, 0.4) is 0 Å². The first-order valence-corrected chi connectivity index (χ1v) is 7.12. The molecule has 0 saturated carbocycles. The van der Waals surface area contributed by atoms with Gasteiger partial charge in [0.15, 0.2) is 0 Å². The number of aryl methyl sites for hydroxylation is 1. The average Bonchev–Trinajstić information content (AvgIpc) is 2.98. The number of carbonyl (C=O) groups excluding carboxylic acids is 1. The van der Waals surface area contributed by atoms with Gasteiger partial charge in [-0.1, -0.05) is 30.3 Å². The van der Waals surface area contributed by atoms with Crippen LogP contribution in [0.4, 0.5) is 0 Å². The number of amides is 1. The molecule has 4 heteroatoms. The molecule has 1 N–H and O–H groups in total. The van der Waals surface area contributed by atoms with Gasteiger partial charge in [0.2, 0.25) is 5.91 Å². The number of benzene rings is 1. The van der Waals surface area contributed by atoms with E-state index in [1.807, 2.05) is 49.4 Å². The second-order valence-corrected chi connectivity index (χ2v) is 5.24. The molecule has 0 bridgehead atoms. The first-order chi connectivity index (χ1) is 9.66. The van der Waals surface area contributed by atoms with Gasteiger partial charge in [-0.15, -0.1) is 11.6 Å². The highest BCUT2D eigenvalue weighted by Crippen LogP contribution is 2.20. The van der Waals surface area contributed by atoms with Crippen LogP contribution in [0.1, 0.15) is 30.0 Å². The van der Waals surface area contributed by atoms with Gasteiger partial charge >= 0.3 is 0 Å². The monoisotopic (exact) mass is 291 g/mol. The molecule has 2 unspecified atom stereocenters. The Morgan fingerprint density at radius 2 is 2.00 bits per heavy atom. The summed E-state index contributed by atoms with van der Waals surface area (Å²) in [4.78, 5) is 12.0. The van der Waals surface area contributed by atoms with Gasteiger partial charge in [-0.3, -0.25) is 4.79 Å². The molecule has 1 aromatic heterocycles. The highest BCUT2D eigenvalue weighted by Gasteiger charge is 2.18. The highest BCUT2D eigenvalue weighted by molar-refractivity contribution is 6.30. The third-order valence-electron chi connectivity index (χ3n) is 3.11. The van der Waals surface area contributed by atoms with Crippen molar-refractivity contribution in [1.82, 2.24) is 5.32 Å². The van der Waals surface area contributed by atoms with Crippen LogP contribution in [-0.2, 0) is 11.2 Å². The number of rotatable bonds is 6. The van der Waals surface area contributed by atoms with Crippen LogP contribution in [0.15, 0.2) is 53.1 Å². The van der Waals surface area contributed by atoms with E-state index in [0.29, 0.717) is 0 Å². The first kappa shape index (κ1) is 14.7. The maximum absolute atomic E-state index is 12.0. The summed E-state index contributed by atoms with van der Waals surface area (Å²) < 4.78 is 5.27. The molecule has 0 fully saturated rings. The van der Waals surface area contributed by atoms with Crippen LogP contribution >= 0.6 is 11.6 Å². The fraction of sp³-hybridized carbons (Fsp3) is 0.312. The van der Waals surface area contributed by atoms with Gasteiger partial charge in [0.05, 0.1) is 6.26 Å². The van der Waals surface area contributed by atoms with Gasteiger partial charge in [0.1, 0.15) is 11.1 Å². The Morgan fingerprint density at radius 1 is 1.25 bits per heavy atom. The fourth-order valence-electron chi connectivity index (χ4n) is 1.98. The van der Waals surface area contributed by atoms with Crippen molar-refractivity contribution in [3.63, 3.8) is 0 Å². The SMILES string of the molecule is CC(CCc1ccco1)NC(=O)C(Cl)c1ccccc1. The van der Waals surface area contributed by atoms with E-state index < -0.39 is 5.38 Å². The number of hydrogen-bond donors (Lipinski definition) is 1. The van der Waals surface area contributed by atoms with Crippen molar-refractivity contribution in [2.24, 2.45) is 0 Å². The molecular weight excluding hydrogens is 274 g/mol. The molecule has 20 heavy (non-hydrogen) atoms. The number of hydrogen-bond acceptors (Lipinski definition) is 2.